The van der Waals surface area contributed by atoms with Crippen LogP contribution in [0.4, 0.5) is 0 Å². The lowest BCUT2D eigenvalue weighted by Crippen LogP contribution is -1.97. The van der Waals surface area contributed by atoms with Gasteiger partial charge in [-0.05, 0) is 20.3 Å². The predicted octanol–water partition coefficient (Wildman–Crippen LogP) is 5.32. The highest BCUT2D eigenvalue weighted by atomic mass is 32.1. The van der Waals surface area contributed by atoms with Crippen LogP contribution in [-0.4, -0.2) is 10.1 Å². The fraction of sp³-hybridized carbons (Fsp3) is 0.812. The van der Waals surface area contributed by atoms with Crippen LogP contribution < -0.4 is 0 Å². The molecule has 1 aromatic heterocycles. The first-order valence-corrected chi connectivity index (χ1v) is 8.58. The second-order valence-corrected chi connectivity index (χ2v) is 6.70. The number of aromatic nitrogens is 1. The highest BCUT2D eigenvalue weighted by molar-refractivity contribution is 7.11. The van der Waals surface area contributed by atoms with E-state index in [4.69, 9.17) is 0 Å². The van der Waals surface area contributed by atoms with E-state index in [1.807, 2.05) is 13.8 Å². The second kappa shape index (κ2) is 9.49. The van der Waals surface area contributed by atoms with E-state index < -0.39 is 0 Å². The second-order valence-electron chi connectivity index (χ2n) is 5.46. The van der Waals surface area contributed by atoms with Crippen molar-refractivity contribution in [2.75, 3.05) is 0 Å². The van der Waals surface area contributed by atoms with Gasteiger partial charge in [0, 0.05) is 0 Å². The van der Waals surface area contributed by atoms with Gasteiger partial charge in [-0.25, -0.2) is 4.98 Å². The zero-order chi connectivity index (χ0) is 14.1. The molecular weight excluding hydrogens is 254 g/mol. The first-order valence-electron chi connectivity index (χ1n) is 7.77. The molecule has 0 aliphatic carbocycles. The van der Waals surface area contributed by atoms with Gasteiger partial charge in [0.05, 0.1) is 21.7 Å². The lowest BCUT2D eigenvalue weighted by Gasteiger charge is -2.09. The monoisotopic (exact) mass is 283 g/mol. The predicted molar refractivity (Wildman–Crippen MR) is 83.8 cm³/mol. The quantitative estimate of drug-likeness (QED) is 0.589. The van der Waals surface area contributed by atoms with Crippen LogP contribution in [0.3, 0.4) is 0 Å². The Morgan fingerprint density at radius 2 is 1.58 bits per heavy atom. The van der Waals surface area contributed by atoms with Gasteiger partial charge < -0.3 is 5.11 Å². The van der Waals surface area contributed by atoms with E-state index in [-0.39, 0.29) is 6.10 Å². The summed E-state index contributed by atoms with van der Waals surface area (Å²) in [5, 5.41) is 11.2. The number of unbranched alkanes of at least 4 members (excludes halogenated alkanes) is 7. The number of hydrogen-bond donors (Lipinski definition) is 1. The molecule has 0 spiro atoms. The molecule has 1 heterocycles. The molecular formula is C16H29NOS. The van der Waals surface area contributed by atoms with Crippen molar-refractivity contribution in [2.24, 2.45) is 0 Å². The molecule has 1 N–H and O–H groups in total. The largest absolute Gasteiger partial charge is 0.388 e. The molecule has 0 bridgehead atoms. The Labute approximate surface area is 122 Å². The molecule has 0 aliphatic rings. The number of hydrogen-bond acceptors (Lipinski definition) is 3. The lowest BCUT2D eigenvalue weighted by molar-refractivity contribution is 0.166. The third-order valence-electron chi connectivity index (χ3n) is 3.57. The SMILES string of the molecule is CCCCCCCCCCC(O)c1sc(C)nc1C. The number of aliphatic hydroxyl groups is 1. The van der Waals surface area contributed by atoms with E-state index >= 15 is 0 Å². The van der Waals surface area contributed by atoms with Gasteiger partial charge in [-0.1, -0.05) is 58.3 Å². The summed E-state index contributed by atoms with van der Waals surface area (Å²) in [6, 6.07) is 0. The summed E-state index contributed by atoms with van der Waals surface area (Å²) >= 11 is 1.64. The fourth-order valence-electron chi connectivity index (χ4n) is 2.46. The zero-order valence-corrected chi connectivity index (χ0v) is 13.6. The summed E-state index contributed by atoms with van der Waals surface area (Å²) < 4.78 is 0. The number of aryl methyl sites for hydroxylation is 2. The Morgan fingerprint density at radius 3 is 2.11 bits per heavy atom. The average molecular weight is 283 g/mol. The van der Waals surface area contributed by atoms with Gasteiger partial charge in [-0.15, -0.1) is 11.3 Å². The van der Waals surface area contributed by atoms with E-state index in [0.29, 0.717) is 0 Å². The van der Waals surface area contributed by atoms with Crippen LogP contribution in [0, 0.1) is 13.8 Å². The summed E-state index contributed by atoms with van der Waals surface area (Å²) in [7, 11) is 0. The Balaban J connectivity index is 2.08. The molecule has 0 radical (unpaired) electrons. The fourth-order valence-corrected chi connectivity index (χ4v) is 3.41. The molecule has 0 saturated heterocycles. The first-order chi connectivity index (χ1) is 9.15. The van der Waals surface area contributed by atoms with E-state index in [9.17, 15) is 5.11 Å². The molecule has 0 fully saturated rings. The van der Waals surface area contributed by atoms with Crippen LogP contribution in [0.2, 0.25) is 0 Å². The standard InChI is InChI=1S/C16H29NOS/c1-4-5-6-7-8-9-10-11-12-15(18)16-13(2)17-14(3)19-16/h15,18H,4-12H2,1-3H3. The number of nitrogens with zero attached hydrogens (tertiary/aromatic N) is 1. The summed E-state index contributed by atoms with van der Waals surface area (Å²) in [5.74, 6) is 0. The van der Waals surface area contributed by atoms with Crippen molar-refractivity contribution in [2.45, 2.75) is 84.7 Å². The molecule has 2 nitrogen and oxygen atoms in total. The van der Waals surface area contributed by atoms with E-state index in [1.165, 1.54) is 44.9 Å². The molecule has 0 amide bonds. The maximum Gasteiger partial charge on any atom is 0.0901 e. The van der Waals surface area contributed by atoms with E-state index in [1.54, 1.807) is 11.3 Å². The number of rotatable bonds is 10. The summed E-state index contributed by atoms with van der Waals surface area (Å²) in [5.41, 5.74) is 1.01. The van der Waals surface area contributed by atoms with Crippen molar-refractivity contribution < 1.29 is 5.11 Å². The van der Waals surface area contributed by atoms with Crippen molar-refractivity contribution in [1.82, 2.24) is 4.98 Å². The number of aliphatic hydroxyl groups excluding tert-OH is 1. The maximum absolute atomic E-state index is 10.2. The molecule has 19 heavy (non-hydrogen) atoms. The van der Waals surface area contributed by atoms with Gasteiger partial charge in [0.15, 0.2) is 0 Å². The van der Waals surface area contributed by atoms with Gasteiger partial charge in [-0.2, -0.15) is 0 Å². The minimum atomic E-state index is -0.300. The smallest absolute Gasteiger partial charge is 0.0901 e. The van der Waals surface area contributed by atoms with Crippen LogP contribution >= 0.6 is 11.3 Å². The normalized spacial score (nSPS) is 12.8. The van der Waals surface area contributed by atoms with Crippen LogP contribution in [0.1, 0.15) is 86.4 Å². The third kappa shape index (κ3) is 6.53. The minimum absolute atomic E-state index is 0.300. The Morgan fingerprint density at radius 1 is 1.00 bits per heavy atom. The van der Waals surface area contributed by atoms with Crippen molar-refractivity contribution in [3.05, 3.63) is 15.6 Å². The molecule has 0 saturated carbocycles. The van der Waals surface area contributed by atoms with Crippen LogP contribution in [-0.2, 0) is 0 Å². The zero-order valence-electron chi connectivity index (χ0n) is 12.7. The molecule has 1 unspecified atom stereocenters. The van der Waals surface area contributed by atoms with Gasteiger partial charge in [-0.3, -0.25) is 0 Å². The molecule has 0 aliphatic heterocycles. The Hall–Kier alpha value is -0.410. The molecule has 3 heteroatoms. The molecule has 1 rings (SSSR count). The van der Waals surface area contributed by atoms with Gasteiger partial charge in [0.1, 0.15) is 0 Å². The highest BCUT2D eigenvalue weighted by Crippen LogP contribution is 2.28. The maximum atomic E-state index is 10.2. The van der Waals surface area contributed by atoms with E-state index in [0.717, 1.165) is 28.4 Å². The molecule has 110 valence electrons. The molecule has 0 aromatic carbocycles. The van der Waals surface area contributed by atoms with Crippen molar-refractivity contribution in [1.29, 1.82) is 0 Å². The van der Waals surface area contributed by atoms with Gasteiger partial charge >= 0.3 is 0 Å². The Bertz CT molecular complexity index is 349. The highest BCUT2D eigenvalue weighted by Gasteiger charge is 2.13. The van der Waals surface area contributed by atoms with Gasteiger partial charge in [0.2, 0.25) is 0 Å². The van der Waals surface area contributed by atoms with Crippen molar-refractivity contribution >= 4 is 11.3 Å². The third-order valence-corrected chi connectivity index (χ3v) is 4.75. The van der Waals surface area contributed by atoms with Crippen LogP contribution in [0.15, 0.2) is 0 Å². The summed E-state index contributed by atoms with van der Waals surface area (Å²) in [4.78, 5) is 5.45. The first kappa shape index (κ1) is 16.6. The van der Waals surface area contributed by atoms with Gasteiger partial charge in [0.25, 0.3) is 0 Å². The minimum Gasteiger partial charge on any atom is -0.388 e. The number of thiazole rings is 1. The molecule has 1 atom stereocenters. The van der Waals surface area contributed by atoms with Crippen LogP contribution in [0.25, 0.3) is 0 Å². The average Bonchev–Trinajstić information content (AvgIpc) is 2.71. The Kier molecular flexibility index (Phi) is 8.31. The lowest BCUT2D eigenvalue weighted by atomic mass is 10.0. The summed E-state index contributed by atoms with van der Waals surface area (Å²) in [6.45, 7) is 6.25. The van der Waals surface area contributed by atoms with Crippen molar-refractivity contribution in [3.63, 3.8) is 0 Å². The summed E-state index contributed by atoms with van der Waals surface area (Å²) in [6.07, 6.45) is 11.1. The van der Waals surface area contributed by atoms with Crippen molar-refractivity contribution in [3.8, 4) is 0 Å². The van der Waals surface area contributed by atoms with E-state index in [2.05, 4.69) is 11.9 Å². The topological polar surface area (TPSA) is 33.1 Å². The van der Waals surface area contributed by atoms with Crippen LogP contribution in [0.5, 0.6) is 0 Å². The molecule has 1 aromatic rings.